The Morgan fingerprint density at radius 1 is 1.44 bits per heavy atom. The molecule has 0 N–H and O–H groups in total. The monoisotopic (exact) mass is 251 g/mol. The van der Waals surface area contributed by atoms with E-state index in [1.54, 1.807) is 12.7 Å². The van der Waals surface area contributed by atoms with Crippen molar-refractivity contribution in [3.8, 4) is 0 Å². The lowest BCUT2D eigenvalue weighted by molar-refractivity contribution is 0.0802. The number of hydrogen-bond donors (Lipinski definition) is 0. The van der Waals surface area contributed by atoms with Crippen LogP contribution in [-0.4, -0.2) is 63.8 Å². The first-order valence-electron chi connectivity index (χ1n) is 6.95. The van der Waals surface area contributed by atoms with Gasteiger partial charge in [-0.15, -0.1) is 0 Å². The summed E-state index contributed by atoms with van der Waals surface area (Å²) < 4.78 is 1.91. The maximum Gasteiger partial charge on any atom is 0.137 e. The topological polar surface area (TPSA) is 37.2 Å². The Morgan fingerprint density at radius 2 is 2.28 bits per heavy atom. The number of likely N-dealkylation sites (tertiary alicyclic amines) is 1. The largest absolute Gasteiger partial charge is 0.303 e. The van der Waals surface area contributed by atoms with E-state index in [1.807, 2.05) is 4.68 Å². The van der Waals surface area contributed by atoms with Crippen LogP contribution in [0.3, 0.4) is 0 Å². The number of nitrogens with zero attached hydrogens (tertiary/aromatic N) is 5. The Balaban J connectivity index is 1.80. The second-order valence-corrected chi connectivity index (χ2v) is 5.37. The Hall–Kier alpha value is -0.940. The van der Waals surface area contributed by atoms with Gasteiger partial charge in [0.1, 0.15) is 12.7 Å². The van der Waals surface area contributed by atoms with Gasteiger partial charge in [0.05, 0.1) is 6.54 Å². The molecule has 5 heteroatoms. The lowest BCUT2D eigenvalue weighted by Gasteiger charge is -2.41. The van der Waals surface area contributed by atoms with Crippen LogP contribution in [-0.2, 0) is 6.54 Å². The van der Waals surface area contributed by atoms with Gasteiger partial charge in [-0.3, -0.25) is 4.68 Å². The second-order valence-electron chi connectivity index (χ2n) is 5.37. The van der Waals surface area contributed by atoms with E-state index in [4.69, 9.17) is 0 Å². The zero-order valence-corrected chi connectivity index (χ0v) is 11.8. The minimum absolute atomic E-state index is 0.705. The van der Waals surface area contributed by atoms with Crippen LogP contribution in [0.2, 0.25) is 0 Å². The number of aromatic nitrogens is 3. The molecule has 18 heavy (non-hydrogen) atoms. The summed E-state index contributed by atoms with van der Waals surface area (Å²) >= 11 is 0. The van der Waals surface area contributed by atoms with Crippen molar-refractivity contribution < 1.29 is 0 Å². The van der Waals surface area contributed by atoms with Crippen molar-refractivity contribution in [1.82, 2.24) is 24.6 Å². The summed E-state index contributed by atoms with van der Waals surface area (Å²) in [6, 6.07) is 0.705. The van der Waals surface area contributed by atoms with Crippen molar-refractivity contribution >= 4 is 0 Å². The molecule has 0 bridgehead atoms. The molecule has 1 aliphatic rings. The molecule has 1 aromatic heterocycles. The molecule has 0 aromatic carbocycles. The van der Waals surface area contributed by atoms with Gasteiger partial charge < -0.3 is 9.80 Å². The molecule has 1 aromatic rings. The van der Waals surface area contributed by atoms with Gasteiger partial charge >= 0.3 is 0 Å². The highest BCUT2D eigenvalue weighted by Gasteiger charge is 2.27. The first-order valence-corrected chi connectivity index (χ1v) is 6.95. The Kier molecular flexibility index (Phi) is 4.72. The van der Waals surface area contributed by atoms with Gasteiger partial charge in [-0.2, -0.15) is 5.10 Å². The fraction of sp³-hybridized carbons (Fsp3) is 0.846. The Morgan fingerprint density at radius 3 is 2.89 bits per heavy atom. The molecule has 1 saturated heterocycles. The number of rotatable bonds is 5. The predicted octanol–water partition coefficient (Wildman–Crippen LogP) is 0.940. The Labute approximate surface area is 110 Å². The molecule has 2 unspecified atom stereocenters. The summed E-state index contributed by atoms with van der Waals surface area (Å²) in [5, 5.41) is 4.15. The van der Waals surface area contributed by atoms with Crippen molar-refractivity contribution in [1.29, 1.82) is 0 Å². The molecule has 0 saturated carbocycles. The van der Waals surface area contributed by atoms with Crippen LogP contribution in [0.25, 0.3) is 0 Å². The van der Waals surface area contributed by atoms with Crippen LogP contribution in [0.1, 0.15) is 20.3 Å². The van der Waals surface area contributed by atoms with Gasteiger partial charge in [-0.25, -0.2) is 4.98 Å². The summed E-state index contributed by atoms with van der Waals surface area (Å²) in [6.45, 7) is 10.2. The molecular weight excluding hydrogens is 226 g/mol. The normalized spacial score (nSPS) is 25.8. The van der Waals surface area contributed by atoms with Gasteiger partial charge in [0.15, 0.2) is 0 Å². The van der Waals surface area contributed by atoms with Gasteiger partial charge in [0.25, 0.3) is 0 Å². The van der Waals surface area contributed by atoms with Crippen LogP contribution in [0.5, 0.6) is 0 Å². The van der Waals surface area contributed by atoms with Crippen molar-refractivity contribution in [2.45, 2.75) is 32.9 Å². The van der Waals surface area contributed by atoms with Crippen LogP contribution in [0.4, 0.5) is 0 Å². The molecule has 2 atom stereocenters. The third-order valence-corrected chi connectivity index (χ3v) is 4.11. The van der Waals surface area contributed by atoms with E-state index < -0.39 is 0 Å². The van der Waals surface area contributed by atoms with E-state index in [0.717, 1.165) is 19.0 Å². The minimum Gasteiger partial charge on any atom is -0.303 e. The molecule has 0 amide bonds. The maximum absolute atomic E-state index is 4.15. The van der Waals surface area contributed by atoms with Gasteiger partial charge in [-0.1, -0.05) is 13.8 Å². The summed E-state index contributed by atoms with van der Waals surface area (Å²) in [4.78, 5) is 9.01. The standard InChI is InChI=1S/C13H25N5/c1-4-17-6-5-13(12(2)9-17)16(3)7-8-18-11-14-10-15-18/h10-13H,4-9H2,1-3H3. The van der Waals surface area contributed by atoms with Crippen molar-refractivity contribution in [3.63, 3.8) is 0 Å². The maximum atomic E-state index is 4.15. The molecule has 0 spiro atoms. The molecule has 5 nitrogen and oxygen atoms in total. The van der Waals surface area contributed by atoms with Crippen LogP contribution in [0.15, 0.2) is 12.7 Å². The highest BCUT2D eigenvalue weighted by atomic mass is 15.3. The number of piperidine rings is 1. The van der Waals surface area contributed by atoms with E-state index in [1.165, 1.54) is 26.1 Å². The summed E-state index contributed by atoms with van der Waals surface area (Å²) in [5.41, 5.74) is 0. The predicted molar refractivity (Wildman–Crippen MR) is 72.3 cm³/mol. The summed E-state index contributed by atoms with van der Waals surface area (Å²) in [7, 11) is 2.24. The zero-order chi connectivity index (χ0) is 13.0. The average Bonchev–Trinajstić information content (AvgIpc) is 2.88. The smallest absolute Gasteiger partial charge is 0.137 e. The lowest BCUT2D eigenvalue weighted by Crippen LogP contribution is -2.49. The molecule has 2 heterocycles. The molecular formula is C13H25N5. The molecule has 1 aliphatic heterocycles. The van der Waals surface area contributed by atoms with Crippen molar-refractivity contribution in [2.24, 2.45) is 5.92 Å². The quantitative estimate of drug-likeness (QED) is 0.780. The zero-order valence-electron chi connectivity index (χ0n) is 11.8. The Bertz CT molecular complexity index is 337. The number of hydrogen-bond acceptors (Lipinski definition) is 4. The van der Waals surface area contributed by atoms with Gasteiger partial charge in [0, 0.05) is 19.1 Å². The first-order chi connectivity index (χ1) is 8.70. The average molecular weight is 251 g/mol. The molecule has 0 radical (unpaired) electrons. The second kappa shape index (κ2) is 6.29. The molecule has 1 fully saturated rings. The van der Waals surface area contributed by atoms with Crippen LogP contribution in [0, 0.1) is 5.92 Å². The third kappa shape index (κ3) is 3.29. The van der Waals surface area contributed by atoms with Gasteiger partial charge in [-0.05, 0) is 32.5 Å². The first kappa shape index (κ1) is 13.5. The molecule has 2 rings (SSSR count). The SMILES string of the molecule is CCN1CCC(N(C)CCn2cncn2)C(C)C1. The molecule has 0 aliphatic carbocycles. The van der Waals surface area contributed by atoms with Crippen molar-refractivity contribution in [3.05, 3.63) is 12.7 Å². The van der Waals surface area contributed by atoms with Crippen LogP contribution < -0.4 is 0 Å². The highest BCUT2D eigenvalue weighted by molar-refractivity contribution is 4.83. The van der Waals surface area contributed by atoms with E-state index >= 15 is 0 Å². The minimum atomic E-state index is 0.705. The van der Waals surface area contributed by atoms with E-state index in [0.29, 0.717) is 6.04 Å². The fourth-order valence-electron chi connectivity index (χ4n) is 2.94. The van der Waals surface area contributed by atoms with Crippen molar-refractivity contribution in [2.75, 3.05) is 33.2 Å². The van der Waals surface area contributed by atoms with E-state index in [9.17, 15) is 0 Å². The van der Waals surface area contributed by atoms with E-state index in [2.05, 4.69) is 40.8 Å². The third-order valence-electron chi connectivity index (χ3n) is 4.11. The fourth-order valence-corrected chi connectivity index (χ4v) is 2.94. The summed E-state index contributed by atoms with van der Waals surface area (Å²) in [5.74, 6) is 0.749. The van der Waals surface area contributed by atoms with Crippen LogP contribution >= 0.6 is 0 Å². The number of likely N-dealkylation sites (N-methyl/N-ethyl adjacent to an activating group) is 1. The lowest BCUT2D eigenvalue weighted by atomic mass is 9.92. The van der Waals surface area contributed by atoms with E-state index in [-0.39, 0.29) is 0 Å². The summed E-state index contributed by atoms with van der Waals surface area (Å²) in [6.07, 6.45) is 4.67. The molecule has 102 valence electrons. The highest BCUT2D eigenvalue weighted by Crippen LogP contribution is 2.20. The van der Waals surface area contributed by atoms with Gasteiger partial charge in [0.2, 0.25) is 0 Å².